The molecule has 2 N–H and O–H groups in total. The van der Waals surface area contributed by atoms with E-state index in [1.165, 1.54) is 30.7 Å². The molecule has 0 saturated heterocycles. The standard InChI is InChI=1S/C18H18F3N3O2S/c1-25-6-7-26-5-4-12-8-13(10-23-16(12)18(19,20)21)11-2-3-14-15(9-11)27-17(22)24-14/h2-3,8-10H,4-7H2,1H3,(H2,22,24). The summed E-state index contributed by atoms with van der Waals surface area (Å²) in [6.45, 7) is 0.874. The predicted molar refractivity (Wildman–Crippen MR) is 98.7 cm³/mol. The van der Waals surface area contributed by atoms with E-state index in [9.17, 15) is 13.2 Å². The van der Waals surface area contributed by atoms with Crippen LogP contribution in [0, 0.1) is 0 Å². The number of pyridine rings is 1. The molecule has 27 heavy (non-hydrogen) atoms. The maximum absolute atomic E-state index is 13.3. The third kappa shape index (κ3) is 4.74. The Bertz CT molecular complexity index is 928. The molecule has 0 spiro atoms. The number of fused-ring (bicyclic) bond motifs is 1. The van der Waals surface area contributed by atoms with E-state index in [2.05, 4.69) is 9.97 Å². The van der Waals surface area contributed by atoms with Crippen LogP contribution in [0.15, 0.2) is 30.5 Å². The third-order valence-electron chi connectivity index (χ3n) is 3.92. The molecule has 144 valence electrons. The minimum atomic E-state index is -4.52. The first kappa shape index (κ1) is 19.5. The topological polar surface area (TPSA) is 70.3 Å². The molecule has 9 heteroatoms. The van der Waals surface area contributed by atoms with Crippen molar-refractivity contribution < 1.29 is 22.6 Å². The molecule has 2 aromatic heterocycles. The maximum atomic E-state index is 13.3. The molecule has 2 heterocycles. The molecule has 0 aliphatic heterocycles. The zero-order valence-electron chi connectivity index (χ0n) is 14.5. The Morgan fingerprint density at radius 3 is 2.67 bits per heavy atom. The number of nitrogens with zero attached hydrogens (tertiary/aromatic N) is 2. The largest absolute Gasteiger partial charge is 0.433 e. The average Bonchev–Trinajstić information content (AvgIpc) is 2.99. The fourth-order valence-corrected chi connectivity index (χ4v) is 3.44. The molecule has 0 aliphatic rings. The maximum Gasteiger partial charge on any atom is 0.433 e. The fourth-order valence-electron chi connectivity index (χ4n) is 2.66. The minimum Gasteiger partial charge on any atom is -0.382 e. The summed E-state index contributed by atoms with van der Waals surface area (Å²) < 4.78 is 50.9. The van der Waals surface area contributed by atoms with E-state index < -0.39 is 11.9 Å². The van der Waals surface area contributed by atoms with Crippen LogP contribution in [-0.4, -0.2) is 36.9 Å². The fraction of sp³-hybridized carbons (Fsp3) is 0.333. The van der Waals surface area contributed by atoms with Crippen molar-refractivity contribution in [2.45, 2.75) is 12.6 Å². The lowest BCUT2D eigenvalue weighted by Crippen LogP contribution is -2.14. The lowest BCUT2D eigenvalue weighted by atomic mass is 10.0. The van der Waals surface area contributed by atoms with Gasteiger partial charge in [-0.1, -0.05) is 17.4 Å². The first-order chi connectivity index (χ1) is 12.9. The van der Waals surface area contributed by atoms with Gasteiger partial charge in [-0.2, -0.15) is 13.2 Å². The molecule has 3 aromatic rings. The average molecular weight is 397 g/mol. The summed E-state index contributed by atoms with van der Waals surface area (Å²) in [5.74, 6) is 0. The second-order valence-corrected chi connectivity index (χ2v) is 6.88. The smallest absolute Gasteiger partial charge is 0.382 e. The van der Waals surface area contributed by atoms with E-state index in [4.69, 9.17) is 15.2 Å². The second-order valence-electron chi connectivity index (χ2n) is 5.82. The van der Waals surface area contributed by atoms with Crippen LogP contribution in [0.1, 0.15) is 11.3 Å². The van der Waals surface area contributed by atoms with Crippen LogP contribution < -0.4 is 5.73 Å². The molecule has 0 radical (unpaired) electrons. The number of anilines is 1. The number of alkyl halides is 3. The molecule has 3 rings (SSSR count). The Hall–Kier alpha value is -2.23. The number of hydrogen-bond donors (Lipinski definition) is 1. The summed E-state index contributed by atoms with van der Waals surface area (Å²) in [7, 11) is 1.53. The number of rotatable bonds is 7. The Kier molecular flexibility index (Phi) is 5.93. The zero-order chi connectivity index (χ0) is 19.4. The highest BCUT2D eigenvalue weighted by Crippen LogP contribution is 2.34. The summed E-state index contributed by atoms with van der Waals surface area (Å²) in [4.78, 5) is 7.87. The van der Waals surface area contributed by atoms with Gasteiger partial charge in [-0.3, -0.25) is 4.98 Å². The van der Waals surface area contributed by atoms with E-state index in [0.717, 1.165) is 15.8 Å². The van der Waals surface area contributed by atoms with Crippen molar-refractivity contribution in [2.24, 2.45) is 0 Å². The number of nitrogens with two attached hydrogens (primary N) is 1. The van der Waals surface area contributed by atoms with Crippen molar-refractivity contribution in [3.05, 3.63) is 41.7 Å². The normalized spacial score (nSPS) is 12.0. The highest BCUT2D eigenvalue weighted by Gasteiger charge is 2.35. The van der Waals surface area contributed by atoms with Gasteiger partial charge in [0.05, 0.1) is 30.0 Å². The van der Waals surface area contributed by atoms with Crippen LogP contribution in [0.2, 0.25) is 0 Å². The number of aromatic nitrogens is 2. The molecule has 0 unspecified atom stereocenters. The monoisotopic (exact) mass is 397 g/mol. The van der Waals surface area contributed by atoms with E-state index in [1.54, 1.807) is 12.1 Å². The van der Waals surface area contributed by atoms with Crippen LogP contribution in [0.25, 0.3) is 21.3 Å². The van der Waals surface area contributed by atoms with E-state index in [0.29, 0.717) is 23.9 Å². The van der Waals surface area contributed by atoms with Crippen LogP contribution in [0.3, 0.4) is 0 Å². The van der Waals surface area contributed by atoms with Gasteiger partial charge in [-0.05, 0) is 35.7 Å². The number of halogens is 3. The van der Waals surface area contributed by atoms with E-state index >= 15 is 0 Å². The molecule has 0 fully saturated rings. The SMILES string of the molecule is COCCOCCc1cc(-c2ccc3nc(N)sc3c2)cnc1C(F)(F)F. The highest BCUT2D eigenvalue weighted by molar-refractivity contribution is 7.22. The Balaban J connectivity index is 1.89. The van der Waals surface area contributed by atoms with Crippen LogP contribution in [0.5, 0.6) is 0 Å². The molecular weight excluding hydrogens is 379 g/mol. The molecule has 1 aromatic carbocycles. The number of ether oxygens (including phenoxy) is 2. The second kappa shape index (κ2) is 8.20. The van der Waals surface area contributed by atoms with E-state index in [-0.39, 0.29) is 18.6 Å². The molecule has 0 amide bonds. The van der Waals surface area contributed by atoms with Crippen LogP contribution in [0.4, 0.5) is 18.3 Å². The summed E-state index contributed by atoms with van der Waals surface area (Å²) in [6.07, 6.45) is -3.17. The Morgan fingerprint density at radius 2 is 1.93 bits per heavy atom. The third-order valence-corrected chi connectivity index (χ3v) is 4.77. The quantitative estimate of drug-likeness (QED) is 0.606. The minimum absolute atomic E-state index is 0.0985. The van der Waals surface area contributed by atoms with E-state index in [1.807, 2.05) is 6.07 Å². The molecule has 0 bridgehead atoms. The Labute approximate surface area is 158 Å². The summed E-state index contributed by atoms with van der Waals surface area (Å²) in [6, 6.07) is 6.96. The van der Waals surface area contributed by atoms with Crippen molar-refractivity contribution in [3.63, 3.8) is 0 Å². The molecule has 0 saturated carbocycles. The predicted octanol–water partition coefficient (Wildman–Crippen LogP) is 4.16. The summed E-state index contributed by atoms with van der Waals surface area (Å²) >= 11 is 1.33. The van der Waals surface area contributed by atoms with Gasteiger partial charge in [0.25, 0.3) is 0 Å². The number of methoxy groups -OCH3 is 1. The van der Waals surface area contributed by atoms with Crippen LogP contribution >= 0.6 is 11.3 Å². The van der Waals surface area contributed by atoms with Gasteiger partial charge >= 0.3 is 6.18 Å². The Morgan fingerprint density at radius 1 is 1.11 bits per heavy atom. The number of thiazole rings is 1. The lowest BCUT2D eigenvalue weighted by Gasteiger charge is -2.14. The van der Waals surface area contributed by atoms with Gasteiger partial charge in [0, 0.05) is 18.9 Å². The molecule has 5 nitrogen and oxygen atoms in total. The van der Waals surface area contributed by atoms with Crippen molar-refractivity contribution in [1.29, 1.82) is 0 Å². The van der Waals surface area contributed by atoms with Crippen LogP contribution in [-0.2, 0) is 22.1 Å². The number of benzene rings is 1. The summed E-state index contributed by atoms with van der Waals surface area (Å²) in [5.41, 5.74) is 7.04. The molecule has 0 aliphatic carbocycles. The van der Waals surface area contributed by atoms with Crippen molar-refractivity contribution in [3.8, 4) is 11.1 Å². The first-order valence-electron chi connectivity index (χ1n) is 8.17. The van der Waals surface area contributed by atoms with Gasteiger partial charge in [-0.25, -0.2) is 4.98 Å². The first-order valence-corrected chi connectivity index (χ1v) is 8.99. The van der Waals surface area contributed by atoms with Crippen molar-refractivity contribution >= 4 is 26.7 Å². The van der Waals surface area contributed by atoms with Gasteiger partial charge in [-0.15, -0.1) is 0 Å². The van der Waals surface area contributed by atoms with Gasteiger partial charge in [0.15, 0.2) is 5.13 Å². The van der Waals surface area contributed by atoms with Gasteiger partial charge in [0.2, 0.25) is 0 Å². The summed E-state index contributed by atoms with van der Waals surface area (Å²) in [5, 5.41) is 0.446. The lowest BCUT2D eigenvalue weighted by molar-refractivity contribution is -0.141. The zero-order valence-corrected chi connectivity index (χ0v) is 15.4. The van der Waals surface area contributed by atoms with Gasteiger partial charge < -0.3 is 15.2 Å². The molecular formula is C18H18F3N3O2S. The number of hydrogen-bond acceptors (Lipinski definition) is 6. The van der Waals surface area contributed by atoms with Crippen molar-refractivity contribution in [2.75, 3.05) is 32.7 Å². The molecule has 0 atom stereocenters. The number of nitrogen functional groups attached to an aromatic ring is 1. The van der Waals surface area contributed by atoms with Crippen molar-refractivity contribution in [1.82, 2.24) is 9.97 Å². The van der Waals surface area contributed by atoms with Gasteiger partial charge in [0.1, 0.15) is 5.69 Å². The highest BCUT2D eigenvalue weighted by atomic mass is 32.1.